The summed E-state index contributed by atoms with van der Waals surface area (Å²) in [7, 11) is 2.20. The van der Waals surface area contributed by atoms with Gasteiger partial charge in [-0.2, -0.15) is 5.26 Å². The van der Waals surface area contributed by atoms with Crippen molar-refractivity contribution in [3.63, 3.8) is 0 Å². The summed E-state index contributed by atoms with van der Waals surface area (Å²) in [5, 5.41) is 18.1. The van der Waals surface area contributed by atoms with Crippen molar-refractivity contribution >= 4 is 17.0 Å². The maximum atomic E-state index is 9.53. The Morgan fingerprint density at radius 1 is 1.19 bits per heavy atom. The molecule has 0 bridgehead atoms. The molecule has 2 atom stereocenters. The first-order chi connectivity index (χ1) is 18.1. The number of hydrogen-bond donors (Lipinski definition) is 1. The van der Waals surface area contributed by atoms with E-state index in [0.29, 0.717) is 24.5 Å². The van der Waals surface area contributed by atoms with Crippen LogP contribution in [0.15, 0.2) is 42.6 Å². The van der Waals surface area contributed by atoms with Crippen LogP contribution in [0, 0.1) is 22.8 Å². The average Bonchev–Trinajstić information content (AvgIpc) is 3.27. The van der Waals surface area contributed by atoms with Gasteiger partial charge < -0.3 is 9.47 Å². The van der Waals surface area contributed by atoms with Crippen LogP contribution in [0.3, 0.4) is 0 Å². The topological polar surface area (TPSA) is 88.1 Å². The van der Waals surface area contributed by atoms with E-state index in [2.05, 4.69) is 57.9 Å². The maximum Gasteiger partial charge on any atom is 0.207 e. The van der Waals surface area contributed by atoms with Gasteiger partial charge in [0.2, 0.25) is 5.96 Å². The molecular weight excluding hydrogens is 460 g/mol. The van der Waals surface area contributed by atoms with Crippen molar-refractivity contribution < 1.29 is 0 Å². The Hall–Kier alpha value is -3.44. The quantitative estimate of drug-likeness (QED) is 0.218. The Labute approximate surface area is 220 Å². The fourth-order valence-electron chi connectivity index (χ4n) is 6.06. The molecule has 2 aliphatic rings. The minimum Gasteiger partial charge on any atom is -0.342 e. The third kappa shape index (κ3) is 5.33. The van der Waals surface area contributed by atoms with E-state index < -0.39 is 0 Å². The molecular formula is C29H38N8. The lowest BCUT2D eigenvalue weighted by Gasteiger charge is -2.37. The number of nitriles is 1. The predicted molar refractivity (Wildman–Crippen MR) is 146 cm³/mol. The van der Waals surface area contributed by atoms with Crippen LogP contribution >= 0.6 is 0 Å². The van der Waals surface area contributed by atoms with Gasteiger partial charge in [0.15, 0.2) is 6.19 Å². The normalized spacial score (nSPS) is 19.6. The van der Waals surface area contributed by atoms with Crippen molar-refractivity contribution in [3.05, 3.63) is 59.7 Å². The number of likely N-dealkylation sites (tertiary alicyclic amines) is 1. The first kappa shape index (κ1) is 25.2. The highest BCUT2D eigenvalue weighted by molar-refractivity contribution is 5.78. The molecule has 8 heteroatoms. The number of nitrogens with zero attached hydrogens (tertiary/aromatic N) is 7. The van der Waals surface area contributed by atoms with E-state index >= 15 is 0 Å². The van der Waals surface area contributed by atoms with E-state index in [-0.39, 0.29) is 0 Å². The summed E-state index contributed by atoms with van der Waals surface area (Å²) in [5.41, 5.74) is 4.80. The van der Waals surface area contributed by atoms with Crippen molar-refractivity contribution in [2.75, 3.05) is 26.7 Å². The third-order valence-corrected chi connectivity index (χ3v) is 7.90. The van der Waals surface area contributed by atoms with Crippen molar-refractivity contribution in [1.82, 2.24) is 29.2 Å². The van der Waals surface area contributed by atoms with Gasteiger partial charge in [-0.15, -0.1) is 0 Å². The summed E-state index contributed by atoms with van der Waals surface area (Å²) < 4.78 is 2.40. The molecule has 0 saturated carbocycles. The van der Waals surface area contributed by atoms with Gasteiger partial charge in [-0.3, -0.25) is 15.3 Å². The number of aryl methyl sites for hydroxylation is 1. The van der Waals surface area contributed by atoms with Crippen LogP contribution in [-0.4, -0.2) is 61.9 Å². The zero-order chi connectivity index (χ0) is 25.8. The summed E-state index contributed by atoms with van der Waals surface area (Å²) in [6.07, 6.45) is 10.5. The van der Waals surface area contributed by atoms with E-state index in [9.17, 15) is 5.26 Å². The second kappa shape index (κ2) is 11.3. The van der Waals surface area contributed by atoms with E-state index in [1.807, 2.05) is 19.2 Å². The number of benzene rings is 1. The SMILES string of the molecule is CCCN(C#N)C(=N)N1CCC[C@H](Cn2c(CN(C)[C@H]3CCCc4cccnc43)nc3ccccc32)C1. The number of rotatable bonds is 7. The van der Waals surface area contributed by atoms with E-state index in [1.165, 1.54) is 28.1 Å². The first-order valence-corrected chi connectivity index (χ1v) is 13.7. The highest BCUT2D eigenvalue weighted by Gasteiger charge is 2.28. The second-order valence-corrected chi connectivity index (χ2v) is 10.5. The lowest BCUT2D eigenvalue weighted by Crippen LogP contribution is -2.47. The van der Waals surface area contributed by atoms with Gasteiger partial charge in [0, 0.05) is 32.4 Å². The molecule has 5 rings (SSSR count). The monoisotopic (exact) mass is 498 g/mol. The van der Waals surface area contributed by atoms with Gasteiger partial charge in [-0.05, 0) is 75.3 Å². The standard InChI is InChI=1S/C29H38N8/c1-3-16-36(21-30)29(31)35-17-8-9-22(18-35)19-37-25-13-5-4-12-24(25)33-27(37)20-34(2)26-14-6-10-23-11-7-15-32-28(23)26/h4-5,7,11-13,15,22,26,31H,3,6,8-10,14,16-20H2,1-2H3/t22-,26-/m0/s1. The molecule has 1 aromatic carbocycles. The lowest BCUT2D eigenvalue weighted by molar-refractivity contribution is 0.194. The summed E-state index contributed by atoms with van der Waals surface area (Å²) >= 11 is 0. The van der Waals surface area contributed by atoms with Crippen LogP contribution in [0.25, 0.3) is 11.0 Å². The molecule has 3 aromatic rings. The lowest BCUT2D eigenvalue weighted by atomic mass is 9.91. The average molecular weight is 499 g/mol. The first-order valence-electron chi connectivity index (χ1n) is 13.7. The Morgan fingerprint density at radius 2 is 2.05 bits per heavy atom. The number of aromatic nitrogens is 3. The highest BCUT2D eigenvalue weighted by Crippen LogP contribution is 2.33. The number of hydrogen-bond acceptors (Lipinski definition) is 5. The molecule has 194 valence electrons. The van der Waals surface area contributed by atoms with Gasteiger partial charge in [0.1, 0.15) is 5.82 Å². The maximum absolute atomic E-state index is 9.53. The molecule has 8 nitrogen and oxygen atoms in total. The fraction of sp³-hybridized carbons (Fsp3) is 0.517. The number of nitrogens with one attached hydrogen (secondary N) is 1. The Bertz CT molecular complexity index is 1270. The number of para-hydroxylation sites is 2. The fourth-order valence-corrected chi connectivity index (χ4v) is 6.06. The van der Waals surface area contributed by atoms with Gasteiger partial charge >= 0.3 is 0 Å². The Balaban J connectivity index is 1.36. The Morgan fingerprint density at radius 3 is 2.89 bits per heavy atom. The Kier molecular flexibility index (Phi) is 7.71. The van der Waals surface area contributed by atoms with Crippen molar-refractivity contribution in [3.8, 4) is 6.19 Å². The summed E-state index contributed by atoms with van der Waals surface area (Å²) in [4.78, 5) is 15.9. The van der Waals surface area contributed by atoms with Crippen molar-refractivity contribution in [1.29, 1.82) is 10.7 Å². The summed E-state index contributed by atoms with van der Waals surface area (Å²) in [6, 6.07) is 13.0. The molecule has 37 heavy (non-hydrogen) atoms. The molecule has 3 heterocycles. The molecule has 1 N–H and O–H groups in total. The summed E-state index contributed by atoms with van der Waals surface area (Å²) in [6.45, 7) is 5.90. The predicted octanol–water partition coefficient (Wildman–Crippen LogP) is 4.78. The van der Waals surface area contributed by atoms with Crippen LogP contribution in [0.1, 0.15) is 62.2 Å². The number of fused-ring (bicyclic) bond motifs is 2. The molecule has 2 aromatic heterocycles. The summed E-state index contributed by atoms with van der Waals surface area (Å²) in [5.74, 6) is 1.83. The minimum absolute atomic E-state index is 0.305. The molecule has 0 radical (unpaired) electrons. The van der Waals surface area contributed by atoms with Gasteiger partial charge in [0.25, 0.3) is 0 Å². The largest absolute Gasteiger partial charge is 0.342 e. The van der Waals surface area contributed by atoms with Crippen molar-refractivity contribution in [2.45, 2.75) is 64.6 Å². The second-order valence-electron chi connectivity index (χ2n) is 10.5. The molecule has 0 amide bonds. The number of pyridine rings is 1. The minimum atomic E-state index is 0.305. The van der Waals surface area contributed by atoms with E-state index in [1.54, 1.807) is 0 Å². The third-order valence-electron chi connectivity index (χ3n) is 7.90. The smallest absolute Gasteiger partial charge is 0.207 e. The van der Waals surface area contributed by atoms with Crippen LogP contribution in [0.5, 0.6) is 0 Å². The zero-order valence-electron chi connectivity index (χ0n) is 22.1. The van der Waals surface area contributed by atoms with Crippen LogP contribution < -0.4 is 0 Å². The van der Waals surface area contributed by atoms with Crippen LogP contribution in [0.4, 0.5) is 0 Å². The zero-order valence-corrected chi connectivity index (χ0v) is 22.1. The molecule has 1 saturated heterocycles. The number of imidazole rings is 1. The van der Waals surface area contributed by atoms with E-state index in [0.717, 1.165) is 69.6 Å². The molecule has 1 fully saturated rings. The van der Waals surface area contributed by atoms with Gasteiger partial charge in [-0.1, -0.05) is 25.1 Å². The number of piperidine rings is 1. The van der Waals surface area contributed by atoms with Crippen LogP contribution in [-0.2, 0) is 19.5 Å². The van der Waals surface area contributed by atoms with Gasteiger partial charge in [0.05, 0.1) is 29.3 Å². The van der Waals surface area contributed by atoms with Gasteiger partial charge in [-0.25, -0.2) is 9.88 Å². The highest BCUT2D eigenvalue weighted by atomic mass is 15.4. The molecule has 0 unspecified atom stereocenters. The van der Waals surface area contributed by atoms with Crippen LogP contribution in [0.2, 0.25) is 0 Å². The molecule has 1 aliphatic carbocycles. The van der Waals surface area contributed by atoms with Crippen molar-refractivity contribution in [2.24, 2.45) is 5.92 Å². The molecule has 0 spiro atoms. The molecule has 1 aliphatic heterocycles. The number of guanidine groups is 1. The van der Waals surface area contributed by atoms with E-state index in [4.69, 9.17) is 15.4 Å².